The van der Waals surface area contributed by atoms with Gasteiger partial charge in [0.2, 0.25) is 0 Å². The molecule has 0 spiro atoms. The Bertz CT molecular complexity index is 795. The van der Waals surface area contributed by atoms with E-state index in [1.54, 1.807) is 6.07 Å². The first-order valence-corrected chi connectivity index (χ1v) is 9.37. The molecule has 0 radical (unpaired) electrons. The number of benzene rings is 2. The van der Waals surface area contributed by atoms with Gasteiger partial charge in [-0.25, -0.2) is 0 Å². The van der Waals surface area contributed by atoms with Crippen molar-refractivity contribution < 1.29 is 4.74 Å². The van der Waals surface area contributed by atoms with Crippen LogP contribution in [0.2, 0.25) is 5.02 Å². The molecule has 1 saturated heterocycles. The summed E-state index contributed by atoms with van der Waals surface area (Å²) in [4.78, 5) is 5.42. The molecule has 0 aliphatic carbocycles. The summed E-state index contributed by atoms with van der Waals surface area (Å²) in [5.41, 5.74) is 2.17. The maximum absolute atomic E-state index is 6.17. The molecule has 0 saturated carbocycles. The summed E-state index contributed by atoms with van der Waals surface area (Å²) in [6, 6.07) is 16.0. The van der Waals surface area contributed by atoms with Crippen molar-refractivity contribution in [2.45, 2.75) is 6.54 Å². The van der Waals surface area contributed by atoms with E-state index in [0.29, 0.717) is 10.8 Å². The number of halogens is 1. The maximum Gasteiger partial charge on any atom is 0.148 e. The molecule has 0 unspecified atom stereocenters. The number of terminal acetylenes is 1. The van der Waals surface area contributed by atoms with Crippen LogP contribution in [0.5, 0.6) is 5.75 Å². The van der Waals surface area contributed by atoms with Crippen molar-refractivity contribution in [3.8, 4) is 18.1 Å². The zero-order valence-corrected chi connectivity index (χ0v) is 16.1. The van der Waals surface area contributed by atoms with Crippen molar-refractivity contribution in [3.63, 3.8) is 0 Å². The summed E-state index contributed by atoms with van der Waals surface area (Å²) >= 11 is 11.9. The SMILES string of the molecule is C#CCOc1ccc(Cl)cc1C(=S)N1CCN(Cc2ccccc2)CC1. The second-order valence-corrected chi connectivity index (χ2v) is 7.01. The van der Waals surface area contributed by atoms with Gasteiger partial charge in [0.1, 0.15) is 17.3 Å². The van der Waals surface area contributed by atoms with Gasteiger partial charge in [-0.3, -0.25) is 4.90 Å². The van der Waals surface area contributed by atoms with Crippen molar-refractivity contribution in [1.29, 1.82) is 0 Å². The molecule has 1 aliphatic rings. The van der Waals surface area contributed by atoms with Crippen molar-refractivity contribution in [2.24, 2.45) is 0 Å². The molecule has 0 aromatic heterocycles. The number of piperazine rings is 1. The van der Waals surface area contributed by atoms with Gasteiger partial charge in [-0.15, -0.1) is 6.42 Å². The van der Waals surface area contributed by atoms with Crippen LogP contribution in [0, 0.1) is 12.3 Å². The average Bonchev–Trinajstić information content (AvgIpc) is 2.68. The molecule has 2 aromatic rings. The van der Waals surface area contributed by atoms with Crippen LogP contribution in [0.15, 0.2) is 48.5 Å². The zero-order valence-electron chi connectivity index (χ0n) is 14.5. The van der Waals surface area contributed by atoms with Gasteiger partial charge >= 0.3 is 0 Å². The smallest absolute Gasteiger partial charge is 0.148 e. The van der Waals surface area contributed by atoms with E-state index in [2.05, 4.69) is 40.0 Å². The van der Waals surface area contributed by atoms with Crippen LogP contribution in [0.3, 0.4) is 0 Å². The van der Waals surface area contributed by atoms with Gasteiger partial charge < -0.3 is 9.64 Å². The first-order valence-electron chi connectivity index (χ1n) is 8.59. The molecule has 134 valence electrons. The topological polar surface area (TPSA) is 15.7 Å². The van der Waals surface area contributed by atoms with Crippen LogP contribution >= 0.6 is 23.8 Å². The molecular formula is C21H21ClN2OS. The summed E-state index contributed by atoms with van der Waals surface area (Å²) < 4.78 is 5.63. The van der Waals surface area contributed by atoms with Crippen molar-refractivity contribution in [1.82, 2.24) is 9.80 Å². The maximum atomic E-state index is 6.17. The number of hydrogen-bond donors (Lipinski definition) is 0. The highest BCUT2D eigenvalue weighted by Gasteiger charge is 2.22. The van der Waals surface area contributed by atoms with Crippen LogP contribution in [0.25, 0.3) is 0 Å². The Morgan fingerprint density at radius 1 is 1.12 bits per heavy atom. The van der Waals surface area contributed by atoms with Gasteiger partial charge in [-0.05, 0) is 23.8 Å². The fourth-order valence-electron chi connectivity index (χ4n) is 3.04. The number of nitrogens with zero attached hydrogens (tertiary/aromatic N) is 2. The fraction of sp³-hybridized carbons (Fsp3) is 0.286. The Morgan fingerprint density at radius 2 is 1.85 bits per heavy atom. The van der Waals surface area contributed by atoms with Crippen LogP contribution in [-0.2, 0) is 6.54 Å². The third kappa shape index (κ3) is 4.76. The molecule has 1 fully saturated rings. The molecule has 0 amide bonds. The molecule has 0 atom stereocenters. The normalized spacial score (nSPS) is 14.7. The third-order valence-electron chi connectivity index (χ3n) is 4.39. The molecule has 0 N–H and O–H groups in total. The highest BCUT2D eigenvalue weighted by atomic mass is 35.5. The van der Waals surface area contributed by atoms with Crippen LogP contribution in [0.1, 0.15) is 11.1 Å². The highest BCUT2D eigenvalue weighted by molar-refractivity contribution is 7.80. The van der Waals surface area contributed by atoms with Crippen LogP contribution in [0.4, 0.5) is 0 Å². The van der Waals surface area contributed by atoms with Gasteiger partial charge in [0.15, 0.2) is 0 Å². The molecule has 1 aliphatic heterocycles. The molecule has 3 rings (SSSR count). The second kappa shape index (κ2) is 9.05. The zero-order chi connectivity index (χ0) is 18.4. The summed E-state index contributed by atoms with van der Waals surface area (Å²) in [6.45, 7) is 4.88. The van der Waals surface area contributed by atoms with Crippen molar-refractivity contribution in [2.75, 3.05) is 32.8 Å². The van der Waals surface area contributed by atoms with Gasteiger partial charge in [0.25, 0.3) is 0 Å². The Kier molecular flexibility index (Phi) is 6.51. The van der Waals surface area contributed by atoms with E-state index in [-0.39, 0.29) is 6.61 Å². The number of thiocarbonyl (C=S) groups is 1. The first-order chi connectivity index (χ1) is 12.7. The van der Waals surface area contributed by atoms with Crippen LogP contribution < -0.4 is 4.74 Å². The third-order valence-corrected chi connectivity index (χ3v) is 5.10. The van der Waals surface area contributed by atoms with Crippen molar-refractivity contribution >= 4 is 28.8 Å². The summed E-state index contributed by atoms with van der Waals surface area (Å²) in [7, 11) is 0. The molecule has 1 heterocycles. The molecule has 0 bridgehead atoms. The monoisotopic (exact) mass is 384 g/mol. The minimum atomic E-state index is 0.210. The summed E-state index contributed by atoms with van der Waals surface area (Å²) in [5, 5.41) is 0.637. The minimum Gasteiger partial charge on any atom is -0.480 e. The predicted molar refractivity (Wildman–Crippen MR) is 111 cm³/mol. The lowest BCUT2D eigenvalue weighted by Crippen LogP contribution is -2.48. The highest BCUT2D eigenvalue weighted by Crippen LogP contribution is 2.25. The van der Waals surface area contributed by atoms with E-state index >= 15 is 0 Å². The molecule has 5 heteroatoms. The van der Waals surface area contributed by atoms with E-state index < -0.39 is 0 Å². The quantitative estimate of drug-likeness (QED) is 0.574. The molecule has 26 heavy (non-hydrogen) atoms. The predicted octanol–water partition coefficient (Wildman–Crippen LogP) is 3.85. The van der Waals surface area contributed by atoms with E-state index in [1.807, 2.05) is 18.2 Å². The lowest BCUT2D eigenvalue weighted by Gasteiger charge is -2.36. The lowest BCUT2D eigenvalue weighted by atomic mass is 10.1. The first kappa shape index (κ1) is 18.7. The largest absolute Gasteiger partial charge is 0.480 e. The average molecular weight is 385 g/mol. The van der Waals surface area contributed by atoms with Gasteiger partial charge in [-0.1, -0.05) is 60.1 Å². The second-order valence-electron chi connectivity index (χ2n) is 6.19. The Balaban J connectivity index is 1.63. The number of ether oxygens (including phenoxy) is 1. The minimum absolute atomic E-state index is 0.210. The Labute approximate surface area is 165 Å². The number of hydrogen-bond acceptors (Lipinski definition) is 3. The molecule has 2 aromatic carbocycles. The molecular weight excluding hydrogens is 364 g/mol. The van der Waals surface area contributed by atoms with E-state index in [9.17, 15) is 0 Å². The summed E-state index contributed by atoms with van der Waals surface area (Å²) in [6.07, 6.45) is 5.30. The van der Waals surface area contributed by atoms with Gasteiger partial charge in [-0.2, -0.15) is 0 Å². The molecule has 3 nitrogen and oxygen atoms in total. The number of rotatable bonds is 5. The van der Waals surface area contributed by atoms with Gasteiger partial charge in [0, 0.05) is 37.7 Å². The standard InChI is InChI=1S/C21H21ClN2OS/c1-2-14-25-20-9-8-18(22)15-19(20)21(26)24-12-10-23(11-13-24)16-17-6-4-3-5-7-17/h1,3-9,15H,10-14,16H2. The fourth-order valence-corrected chi connectivity index (χ4v) is 3.55. The van der Waals surface area contributed by atoms with E-state index in [4.69, 9.17) is 35.0 Å². The van der Waals surface area contributed by atoms with E-state index in [0.717, 1.165) is 43.3 Å². The Morgan fingerprint density at radius 3 is 2.54 bits per heavy atom. The van der Waals surface area contributed by atoms with Crippen LogP contribution in [-0.4, -0.2) is 47.6 Å². The van der Waals surface area contributed by atoms with E-state index in [1.165, 1.54) is 5.56 Å². The lowest BCUT2D eigenvalue weighted by molar-refractivity contribution is 0.177. The Hall–Kier alpha value is -2.06. The van der Waals surface area contributed by atoms with Gasteiger partial charge in [0.05, 0.1) is 5.56 Å². The summed E-state index contributed by atoms with van der Waals surface area (Å²) in [5.74, 6) is 3.17. The van der Waals surface area contributed by atoms with Crippen molar-refractivity contribution in [3.05, 3.63) is 64.7 Å².